The van der Waals surface area contributed by atoms with Gasteiger partial charge in [-0.15, -0.1) is 0 Å². The molecule has 0 saturated heterocycles. The monoisotopic (exact) mass is 252 g/mol. The van der Waals surface area contributed by atoms with Gasteiger partial charge in [0.1, 0.15) is 6.07 Å². The maximum absolute atomic E-state index is 8.97. The van der Waals surface area contributed by atoms with Crippen molar-refractivity contribution in [1.29, 1.82) is 5.26 Å². The van der Waals surface area contributed by atoms with E-state index >= 15 is 0 Å². The van der Waals surface area contributed by atoms with Crippen molar-refractivity contribution in [3.63, 3.8) is 0 Å². The van der Waals surface area contributed by atoms with Gasteiger partial charge in [0.15, 0.2) is 0 Å². The Balaban J connectivity index is 2.37. The van der Waals surface area contributed by atoms with Crippen LogP contribution in [0, 0.1) is 11.3 Å². The van der Waals surface area contributed by atoms with E-state index < -0.39 is 0 Å². The van der Waals surface area contributed by atoms with Crippen molar-refractivity contribution in [2.75, 3.05) is 25.1 Å². The summed E-state index contributed by atoms with van der Waals surface area (Å²) in [6.07, 6.45) is 2.22. The molecule has 0 amide bonds. The lowest BCUT2D eigenvalue weighted by Crippen LogP contribution is -2.10. The van der Waals surface area contributed by atoms with E-state index in [1.165, 1.54) is 0 Å². The number of nitrogens with zero attached hydrogens (tertiary/aromatic N) is 1. The maximum Gasteiger partial charge on any atom is 0.103 e. The lowest BCUT2D eigenvalue weighted by atomic mass is 10.2. The second kappa shape index (κ2) is 7.94. The van der Waals surface area contributed by atoms with E-state index in [4.69, 9.17) is 21.6 Å². The lowest BCUT2D eigenvalue weighted by Gasteiger charge is -2.09. The first-order valence-electron chi connectivity index (χ1n) is 5.79. The van der Waals surface area contributed by atoms with Gasteiger partial charge < -0.3 is 10.1 Å². The highest BCUT2D eigenvalue weighted by Crippen LogP contribution is 2.22. The summed E-state index contributed by atoms with van der Waals surface area (Å²) in [6.45, 7) is 4.24. The fourth-order valence-corrected chi connectivity index (χ4v) is 1.61. The number of nitriles is 1. The van der Waals surface area contributed by atoms with Crippen molar-refractivity contribution in [3.8, 4) is 6.07 Å². The highest BCUT2D eigenvalue weighted by Gasteiger charge is 2.04. The SMILES string of the molecule is CCCCOCCNc1cccc(Cl)c1C#N. The predicted octanol–water partition coefficient (Wildman–Crippen LogP) is 3.44. The van der Waals surface area contributed by atoms with Crippen LogP contribution in [0.15, 0.2) is 18.2 Å². The Morgan fingerprint density at radius 2 is 2.24 bits per heavy atom. The van der Waals surface area contributed by atoms with Crippen LogP contribution in [0.25, 0.3) is 0 Å². The summed E-state index contributed by atoms with van der Waals surface area (Å²) in [5.41, 5.74) is 1.25. The average Bonchev–Trinajstić information content (AvgIpc) is 2.34. The summed E-state index contributed by atoms with van der Waals surface area (Å²) in [4.78, 5) is 0. The Morgan fingerprint density at radius 3 is 2.94 bits per heavy atom. The molecule has 0 aliphatic heterocycles. The Kier molecular flexibility index (Phi) is 6.46. The molecule has 0 fully saturated rings. The summed E-state index contributed by atoms with van der Waals surface area (Å²) in [5.74, 6) is 0. The predicted molar refractivity (Wildman–Crippen MR) is 70.4 cm³/mol. The van der Waals surface area contributed by atoms with E-state index in [0.717, 1.165) is 25.1 Å². The zero-order valence-electron chi connectivity index (χ0n) is 10.0. The highest BCUT2D eigenvalue weighted by atomic mass is 35.5. The third-order valence-corrected chi connectivity index (χ3v) is 2.64. The number of unbranched alkanes of at least 4 members (excludes halogenated alkanes) is 1. The first kappa shape index (κ1) is 13.8. The quantitative estimate of drug-likeness (QED) is 0.756. The maximum atomic E-state index is 8.97. The molecule has 1 rings (SSSR count). The minimum absolute atomic E-state index is 0.476. The molecule has 0 saturated carbocycles. The third-order valence-electron chi connectivity index (χ3n) is 2.33. The van der Waals surface area contributed by atoms with Crippen LogP contribution in [-0.4, -0.2) is 19.8 Å². The van der Waals surface area contributed by atoms with Crippen molar-refractivity contribution < 1.29 is 4.74 Å². The molecular weight excluding hydrogens is 236 g/mol. The number of halogens is 1. The summed E-state index contributed by atoms with van der Waals surface area (Å²) >= 11 is 5.92. The largest absolute Gasteiger partial charge is 0.382 e. The zero-order chi connectivity index (χ0) is 12.5. The highest BCUT2D eigenvalue weighted by molar-refractivity contribution is 6.32. The fraction of sp³-hybridized carbons (Fsp3) is 0.462. The number of nitrogens with one attached hydrogen (secondary N) is 1. The Bertz CT molecular complexity index is 387. The van der Waals surface area contributed by atoms with Crippen LogP contribution in [0.4, 0.5) is 5.69 Å². The topological polar surface area (TPSA) is 45.0 Å². The van der Waals surface area contributed by atoms with Crippen molar-refractivity contribution in [2.24, 2.45) is 0 Å². The van der Waals surface area contributed by atoms with Gasteiger partial charge in [0.2, 0.25) is 0 Å². The number of anilines is 1. The molecule has 3 nitrogen and oxygen atoms in total. The molecule has 17 heavy (non-hydrogen) atoms. The molecule has 0 bridgehead atoms. The van der Waals surface area contributed by atoms with Crippen LogP contribution in [0.3, 0.4) is 0 Å². The number of hydrogen-bond donors (Lipinski definition) is 1. The standard InChI is InChI=1S/C13H17ClN2O/c1-2-3-8-17-9-7-16-13-6-4-5-12(14)11(13)10-15/h4-6,16H,2-3,7-9H2,1H3. The molecule has 0 atom stereocenters. The van der Waals surface area contributed by atoms with Gasteiger partial charge in [-0.25, -0.2) is 0 Å². The number of benzene rings is 1. The minimum Gasteiger partial charge on any atom is -0.382 e. The van der Waals surface area contributed by atoms with Gasteiger partial charge in [0, 0.05) is 13.2 Å². The van der Waals surface area contributed by atoms with Crippen LogP contribution < -0.4 is 5.32 Å². The second-order valence-corrected chi connectivity index (χ2v) is 4.07. The van der Waals surface area contributed by atoms with Crippen molar-refractivity contribution in [3.05, 3.63) is 28.8 Å². The Morgan fingerprint density at radius 1 is 1.41 bits per heavy atom. The van der Waals surface area contributed by atoms with Gasteiger partial charge in [0.05, 0.1) is 22.9 Å². The van der Waals surface area contributed by atoms with Crippen LogP contribution in [-0.2, 0) is 4.74 Å². The molecule has 0 aliphatic carbocycles. The molecule has 0 unspecified atom stereocenters. The molecule has 1 aromatic carbocycles. The molecule has 1 aromatic rings. The van der Waals surface area contributed by atoms with Crippen molar-refractivity contribution >= 4 is 17.3 Å². The van der Waals surface area contributed by atoms with E-state index in [1.54, 1.807) is 6.07 Å². The van der Waals surface area contributed by atoms with Crippen molar-refractivity contribution in [2.45, 2.75) is 19.8 Å². The summed E-state index contributed by atoms with van der Waals surface area (Å²) in [7, 11) is 0. The summed E-state index contributed by atoms with van der Waals surface area (Å²) < 4.78 is 5.42. The average molecular weight is 253 g/mol. The van der Waals surface area contributed by atoms with E-state index in [1.807, 2.05) is 12.1 Å². The van der Waals surface area contributed by atoms with Gasteiger partial charge >= 0.3 is 0 Å². The Hall–Kier alpha value is -1.24. The smallest absolute Gasteiger partial charge is 0.103 e. The van der Waals surface area contributed by atoms with Gasteiger partial charge in [-0.3, -0.25) is 0 Å². The normalized spacial score (nSPS) is 9.94. The number of hydrogen-bond acceptors (Lipinski definition) is 3. The molecule has 0 spiro atoms. The van der Waals surface area contributed by atoms with Gasteiger partial charge in [-0.05, 0) is 18.6 Å². The molecule has 0 aromatic heterocycles. The first-order valence-corrected chi connectivity index (χ1v) is 6.17. The van der Waals surface area contributed by atoms with E-state index in [9.17, 15) is 0 Å². The molecule has 4 heteroatoms. The molecular formula is C13H17ClN2O. The lowest BCUT2D eigenvalue weighted by molar-refractivity contribution is 0.141. The molecule has 92 valence electrons. The zero-order valence-corrected chi connectivity index (χ0v) is 10.8. The van der Waals surface area contributed by atoms with Crippen LogP contribution in [0.5, 0.6) is 0 Å². The second-order valence-electron chi connectivity index (χ2n) is 3.67. The fourth-order valence-electron chi connectivity index (χ4n) is 1.39. The third kappa shape index (κ3) is 4.64. The summed E-state index contributed by atoms with van der Waals surface area (Å²) in [5, 5.41) is 12.6. The molecule has 0 aliphatic rings. The number of rotatable bonds is 7. The van der Waals surface area contributed by atoms with Crippen LogP contribution in [0.2, 0.25) is 5.02 Å². The Labute approximate surface area is 107 Å². The van der Waals surface area contributed by atoms with E-state index in [0.29, 0.717) is 23.7 Å². The first-order chi connectivity index (χ1) is 8.29. The van der Waals surface area contributed by atoms with E-state index in [-0.39, 0.29) is 0 Å². The van der Waals surface area contributed by atoms with Gasteiger partial charge in [0.25, 0.3) is 0 Å². The van der Waals surface area contributed by atoms with Crippen LogP contribution in [0.1, 0.15) is 25.3 Å². The molecule has 0 radical (unpaired) electrons. The molecule has 1 N–H and O–H groups in total. The van der Waals surface area contributed by atoms with Crippen LogP contribution >= 0.6 is 11.6 Å². The van der Waals surface area contributed by atoms with Crippen molar-refractivity contribution in [1.82, 2.24) is 0 Å². The van der Waals surface area contributed by atoms with Gasteiger partial charge in [-0.1, -0.05) is 31.0 Å². The van der Waals surface area contributed by atoms with E-state index in [2.05, 4.69) is 18.3 Å². The minimum atomic E-state index is 0.476. The van der Waals surface area contributed by atoms with Gasteiger partial charge in [-0.2, -0.15) is 5.26 Å². The molecule has 0 heterocycles. The number of ether oxygens (including phenoxy) is 1. The summed E-state index contributed by atoms with van der Waals surface area (Å²) in [6, 6.07) is 7.47.